The van der Waals surface area contributed by atoms with Crippen LogP contribution in [0, 0.1) is 0 Å². The maximum atomic E-state index is 9.27. The molecule has 0 heterocycles. The van der Waals surface area contributed by atoms with E-state index in [1.165, 1.54) is 0 Å². The molecule has 0 aromatic heterocycles. The number of hydrogen-bond donors (Lipinski definition) is 0. The van der Waals surface area contributed by atoms with Gasteiger partial charge in [-0.05, 0) is 27.7 Å². The van der Waals surface area contributed by atoms with Crippen molar-refractivity contribution in [3.05, 3.63) is 0 Å². The molecule has 25 heavy (non-hydrogen) atoms. The SMILES string of the molecule is CCOC(=O)[O-].CCOC(=O)[O-].CCOC(=O)[O-].CCOC(=O)[O-].[Ge+4]. The van der Waals surface area contributed by atoms with E-state index in [-0.39, 0.29) is 44.0 Å². The fourth-order valence-corrected chi connectivity index (χ4v) is 0.471. The van der Waals surface area contributed by atoms with Crippen LogP contribution in [0.1, 0.15) is 27.7 Å². The molecule has 0 rings (SSSR count). The quantitative estimate of drug-likeness (QED) is 0.251. The fraction of sp³-hybridized carbons (Fsp3) is 0.667. The van der Waals surface area contributed by atoms with Crippen molar-refractivity contribution in [1.82, 2.24) is 0 Å². The Morgan fingerprint density at radius 2 is 0.640 bits per heavy atom. The summed E-state index contributed by atoms with van der Waals surface area (Å²) in [6.45, 7) is 6.99. The first-order valence-corrected chi connectivity index (χ1v) is 6.43. The Kier molecular flexibility index (Phi) is 40.3. The smallest absolute Gasteiger partial charge is 0.550 e. The summed E-state index contributed by atoms with van der Waals surface area (Å²) in [5.74, 6) is 0. The number of carbonyl (C=O) groups excluding carboxylic acids is 4. The molecule has 12 nitrogen and oxygen atoms in total. The topological polar surface area (TPSA) is 197 Å². The van der Waals surface area contributed by atoms with Crippen molar-refractivity contribution < 1.29 is 58.6 Å². The molecule has 0 saturated heterocycles. The van der Waals surface area contributed by atoms with Crippen molar-refractivity contribution in [2.24, 2.45) is 0 Å². The average Bonchev–Trinajstić information content (AvgIpc) is 2.39. The van der Waals surface area contributed by atoms with Crippen LogP contribution in [0.2, 0.25) is 0 Å². The van der Waals surface area contributed by atoms with E-state index in [1.807, 2.05) is 0 Å². The van der Waals surface area contributed by atoms with Gasteiger partial charge < -0.3 is 58.6 Å². The van der Waals surface area contributed by atoms with Crippen LogP contribution in [0.3, 0.4) is 0 Å². The van der Waals surface area contributed by atoms with Gasteiger partial charge in [-0.2, -0.15) is 0 Å². The third-order valence-electron chi connectivity index (χ3n) is 1.05. The average molecular weight is 429 g/mol. The van der Waals surface area contributed by atoms with Crippen molar-refractivity contribution >= 4 is 42.2 Å². The number of hydrogen-bond acceptors (Lipinski definition) is 12. The molecule has 0 aliphatic rings. The van der Waals surface area contributed by atoms with Crippen LogP contribution in [0.5, 0.6) is 0 Å². The summed E-state index contributed by atoms with van der Waals surface area (Å²) in [6.07, 6.45) is -5.84. The molecule has 0 radical (unpaired) electrons. The summed E-state index contributed by atoms with van der Waals surface area (Å²) in [5.41, 5.74) is 0. The van der Waals surface area contributed by atoms with Gasteiger partial charge in [-0.3, -0.25) is 0 Å². The molecule has 0 amide bonds. The molecule has 0 spiro atoms. The summed E-state index contributed by atoms with van der Waals surface area (Å²) in [6, 6.07) is 0. The summed E-state index contributed by atoms with van der Waals surface area (Å²) in [5, 5.41) is 37.1. The van der Waals surface area contributed by atoms with Crippen LogP contribution in [0.25, 0.3) is 0 Å². The minimum Gasteiger partial charge on any atom is -0.550 e. The molecule has 0 atom stereocenters. The minimum atomic E-state index is -1.46. The Hall–Kier alpha value is -2.38. The molecule has 0 aliphatic heterocycles. The fourth-order valence-electron chi connectivity index (χ4n) is 0.471. The van der Waals surface area contributed by atoms with Gasteiger partial charge in [-0.25, -0.2) is 0 Å². The first-order chi connectivity index (χ1) is 11.1. The minimum absolute atomic E-state index is 0. The predicted molar refractivity (Wildman–Crippen MR) is 73.8 cm³/mol. The Morgan fingerprint density at radius 1 is 0.520 bits per heavy atom. The van der Waals surface area contributed by atoms with Gasteiger partial charge in [-0.1, -0.05) is 0 Å². The molecule has 0 fully saturated rings. The number of ether oxygens (including phenoxy) is 4. The van der Waals surface area contributed by atoms with E-state index in [0.717, 1.165) is 0 Å². The molecule has 0 saturated carbocycles. The molecule has 144 valence electrons. The monoisotopic (exact) mass is 430 g/mol. The molecule has 0 unspecified atom stereocenters. The zero-order valence-corrected chi connectivity index (χ0v) is 16.3. The Morgan fingerprint density at radius 3 is 0.640 bits per heavy atom. The van der Waals surface area contributed by atoms with Crippen LogP contribution in [0.15, 0.2) is 0 Å². The second-order valence-electron chi connectivity index (χ2n) is 2.73. The van der Waals surface area contributed by atoms with Crippen molar-refractivity contribution in [3.63, 3.8) is 0 Å². The van der Waals surface area contributed by atoms with Gasteiger partial charge in [-0.15, -0.1) is 0 Å². The van der Waals surface area contributed by atoms with E-state index in [2.05, 4.69) is 18.9 Å². The number of rotatable bonds is 4. The van der Waals surface area contributed by atoms with Gasteiger partial charge in [0.05, 0.1) is 0 Å². The van der Waals surface area contributed by atoms with Gasteiger partial charge in [0.25, 0.3) is 24.6 Å². The number of carboxylic acid groups (broad SMARTS) is 4. The third-order valence-corrected chi connectivity index (χ3v) is 1.05. The largest absolute Gasteiger partial charge is 4.00 e. The van der Waals surface area contributed by atoms with Gasteiger partial charge in [0.15, 0.2) is 0 Å². The molecule has 13 heteroatoms. The van der Waals surface area contributed by atoms with Crippen LogP contribution in [0.4, 0.5) is 19.2 Å². The maximum absolute atomic E-state index is 9.27. The first kappa shape index (κ1) is 34.1. The molecule has 0 aromatic carbocycles. The first-order valence-electron chi connectivity index (χ1n) is 6.43. The van der Waals surface area contributed by atoms with Crippen LogP contribution < -0.4 is 20.4 Å². The molecule has 0 aliphatic carbocycles. The van der Waals surface area contributed by atoms with E-state index in [0.29, 0.717) is 0 Å². The number of carbonyl (C=O) groups is 4. The van der Waals surface area contributed by atoms with E-state index in [1.54, 1.807) is 27.7 Å². The van der Waals surface area contributed by atoms with E-state index in [9.17, 15) is 39.6 Å². The van der Waals surface area contributed by atoms with Crippen molar-refractivity contribution in [2.75, 3.05) is 26.4 Å². The van der Waals surface area contributed by atoms with Gasteiger partial charge in [0.1, 0.15) is 0 Å². The van der Waals surface area contributed by atoms with Gasteiger partial charge >= 0.3 is 17.6 Å². The summed E-state index contributed by atoms with van der Waals surface area (Å²) >= 11 is 0. The van der Waals surface area contributed by atoms with E-state index in [4.69, 9.17) is 0 Å². The predicted octanol–water partition coefficient (Wildman–Crippen LogP) is -2.92. The molecular weight excluding hydrogens is 409 g/mol. The van der Waals surface area contributed by atoms with Gasteiger partial charge in [0.2, 0.25) is 0 Å². The van der Waals surface area contributed by atoms with Crippen molar-refractivity contribution in [2.45, 2.75) is 27.7 Å². The second kappa shape index (κ2) is 29.6. The molecule has 0 N–H and O–H groups in total. The van der Waals surface area contributed by atoms with E-state index < -0.39 is 24.6 Å². The second-order valence-corrected chi connectivity index (χ2v) is 2.73. The van der Waals surface area contributed by atoms with Crippen LogP contribution in [-0.4, -0.2) is 68.6 Å². The Balaban J connectivity index is -0.0000000702. The van der Waals surface area contributed by atoms with E-state index >= 15 is 0 Å². The molecule has 0 bridgehead atoms. The maximum Gasteiger partial charge on any atom is 4.00 e. The van der Waals surface area contributed by atoms with Gasteiger partial charge in [0, 0.05) is 26.4 Å². The van der Waals surface area contributed by atoms with Crippen LogP contribution >= 0.6 is 0 Å². The zero-order valence-electron chi connectivity index (χ0n) is 14.2. The molecule has 0 aromatic rings. The Labute approximate surface area is 155 Å². The summed E-state index contributed by atoms with van der Waals surface area (Å²) in [4.78, 5) is 37.1. The van der Waals surface area contributed by atoms with Crippen molar-refractivity contribution in [1.29, 1.82) is 0 Å². The summed E-state index contributed by atoms with van der Waals surface area (Å²) < 4.78 is 15.4. The standard InChI is InChI=1S/4C3H6O3.Ge/c4*1-2-6-3(4)5;/h4*2H2,1H3,(H,4,5);/q;;;;+4/p-4. The van der Waals surface area contributed by atoms with Crippen LogP contribution in [-0.2, 0) is 18.9 Å². The molecular formula is C12H20GeO12. The summed E-state index contributed by atoms with van der Waals surface area (Å²) in [7, 11) is 0. The zero-order chi connectivity index (χ0) is 20.0. The third kappa shape index (κ3) is 89.9. The normalized spacial score (nSPS) is 7.20. The van der Waals surface area contributed by atoms with Crippen molar-refractivity contribution in [3.8, 4) is 0 Å². The Bertz CT molecular complexity index is 270.